The third-order valence-corrected chi connectivity index (χ3v) is 5.45. The van der Waals surface area contributed by atoms with Crippen molar-refractivity contribution >= 4 is 38.0 Å². The Morgan fingerprint density at radius 1 is 1.31 bits per heavy atom. The Kier molecular flexibility index (Phi) is 13.4. The summed E-state index contributed by atoms with van der Waals surface area (Å²) in [4.78, 5) is 0. The van der Waals surface area contributed by atoms with Gasteiger partial charge in [0.2, 0.25) is 0 Å². The monoisotopic (exact) mass is 461 g/mol. The first-order valence-electron chi connectivity index (χ1n) is 7.03. The van der Waals surface area contributed by atoms with E-state index < -0.39 is 57.7 Å². The van der Waals surface area contributed by atoms with Gasteiger partial charge in [0.15, 0.2) is 0 Å². The normalized spacial score (nSPS) is 31.2. The molecular formula is C11H20KNO10S3. The molecule has 0 spiro atoms. The zero-order chi connectivity index (χ0) is 19.2. The number of ether oxygens (including phenoxy) is 1. The maximum atomic E-state index is 11.1. The third-order valence-electron chi connectivity index (χ3n) is 3.15. The Hall–Kier alpha value is 1.32. The van der Waals surface area contributed by atoms with E-state index in [0.717, 1.165) is 0 Å². The molecule has 0 aromatic rings. The van der Waals surface area contributed by atoms with Gasteiger partial charge in [0.25, 0.3) is 10.4 Å². The van der Waals surface area contributed by atoms with Crippen molar-refractivity contribution < 1.29 is 98.0 Å². The van der Waals surface area contributed by atoms with Gasteiger partial charge in [0, 0.05) is 29.2 Å². The van der Waals surface area contributed by atoms with Gasteiger partial charge in [-0.3, -0.25) is 8.49 Å². The molecule has 0 saturated carbocycles. The van der Waals surface area contributed by atoms with Gasteiger partial charge < -0.3 is 29.7 Å². The van der Waals surface area contributed by atoms with Gasteiger partial charge >= 0.3 is 51.4 Å². The van der Waals surface area contributed by atoms with Crippen molar-refractivity contribution in [2.24, 2.45) is 5.16 Å². The quantitative estimate of drug-likeness (QED) is 0.0674. The van der Waals surface area contributed by atoms with E-state index in [0.29, 0.717) is 18.2 Å². The van der Waals surface area contributed by atoms with E-state index in [2.05, 4.69) is 9.44 Å². The van der Waals surface area contributed by atoms with Crippen LogP contribution in [0.4, 0.5) is 0 Å². The van der Waals surface area contributed by atoms with Gasteiger partial charge in [-0.25, -0.2) is 0 Å². The summed E-state index contributed by atoms with van der Waals surface area (Å²) in [5, 5.41) is 41.7. The molecule has 4 N–H and O–H groups in total. The zero-order valence-electron chi connectivity index (χ0n) is 14.1. The molecule has 148 valence electrons. The van der Waals surface area contributed by atoms with Crippen molar-refractivity contribution in [2.45, 2.75) is 42.7 Å². The number of nitrogens with zero attached hydrogens (tertiary/aromatic N) is 1. The zero-order valence-corrected chi connectivity index (χ0v) is 19.7. The minimum atomic E-state index is -5.09. The topological polar surface area (TPSA) is 186 Å². The number of rotatable bonds is 8. The molecular weight excluding hydrogens is 441 g/mol. The summed E-state index contributed by atoms with van der Waals surface area (Å²) in [7, 11) is -6.20. The largest absolute Gasteiger partial charge is 1.00 e. The molecule has 0 amide bonds. The molecule has 11 nitrogen and oxygen atoms in total. The van der Waals surface area contributed by atoms with Gasteiger partial charge in [-0.2, -0.15) is 8.42 Å². The smallest absolute Gasteiger partial charge is 0.714 e. The van der Waals surface area contributed by atoms with E-state index in [9.17, 15) is 32.5 Å². The summed E-state index contributed by atoms with van der Waals surface area (Å²) in [6.45, 7) is -0.630. The Bertz CT molecular complexity index is 587. The minimum absolute atomic E-state index is 0. The maximum Gasteiger partial charge on any atom is 1.00 e. The number of hydrogen-bond donors (Lipinski definition) is 4. The summed E-state index contributed by atoms with van der Waals surface area (Å²) in [6.07, 6.45) is -4.03. The second kappa shape index (κ2) is 12.8. The van der Waals surface area contributed by atoms with Crippen LogP contribution in [0.2, 0.25) is 0 Å². The van der Waals surface area contributed by atoms with E-state index in [4.69, 9.17) is 9.84 Å². The molecule has 0 radical (unpaired) electrons. The first-order chi connectivity index (χ1) is 11.5. The van der Waals surface area contributed by atoms with Crippen molar-refractivity contribution in [1.29, 1.82) is 0 Å². The Balaban J connectivity index is 0.00000625. The molecule has 0 aromatic carbocycles. The Morgan fingerprint density at radius 2 is 1.92 bits per heavy atom. The van der Waals surface area contributed by atoms with Crippen LogP contribution in [-0.4, -0.2) is 91.1 Å². The van der Waals surface area contributed by atoms with Crippen LogP contribution in [0.5, 0.6) is 0 Å². The minimum Gasteiger partial charge on any atom is -0.714 e. The molecule has 6 atom stereocenters. The predicted molar refractivity (Wildman–Crippen MR) is 87.7 cm³/mol. The van der Waals surface area contributed by atoms with Crippen molar-refractivity contribution in [3.8, 4) is 0 Å². The standard InChI is InChI=1S/C11H21NO10S3.K/c1-24(17)4-2-3-7(12-22-25(18,19)20)23-11-10(16)9(15)8(14)6(5-13)21-11;/h6,8-11,13-16H,2-5H2,1H3,(H,18,19,20);/q;+1/p-1/b12-7+;/t6-,8-,9+,10-,11+,24?;/m1./s1. The van der Waals surface area contributed by atoms with Crippen LogP contribution in [0.1, 0.15) is 12.8 Å². The van der Waals surface area contributed by atoms with Crippen molar-refractivity contribution in [3.05, 3.63) is 0 Å². The molecule has 15 heteroatoms. The molecule has 1 unspecified atom stereocenters. The van der Waals surface area contributed by atoms with E-state index in [-0.39, 0.29) is 68.6 Å². The molecule has 1 saturated heterocycles. The average Bonchev–Trinajstić information content (AvgIpc) is 2.51. The first-order valence-corrected chi connectivity index (χ1v) is 11.0. The molecule has 0 aromatic heterocycles. The van der Waals surface area contributed by atoms with Crippen LogP contribution in [0.3, 0.4) is 0 Å². The number of thioether (sulfide) groups is 1. The second-order valence-corrected chi connectivity index (χ2v) is 8.86. The van der Waals surface area contributed by atoms with Gasteiger partial charge in [0.05, 0.1) is 6.61 Å². The Labute approximate surface area is 200 Å². The number of aliphatic hydroxyl groups is 4. The van der Waals surface area contributed by atoms with Crippen LogP contribution in [0.25, 0.3) is 0 Å². The van der Waals surface area contributed by atoms with Gasteiger partial charge in [0.1, 0.15) is 34.9 Å². The van der Waals surface area contributed by atoms with Gasteiger partial charge in [-0.15, -0.1) is 0 Å². The SMILES string of the molecule is CS(=O)CCC/C(=N\OS(=O)(=O)[O-])S[C@@H]1O[C@H](CO)[C@@H](O)[C@H](O)[C@H]1O.[K+]. The molecule has 1 rings (SSSR count). The van der Waals surface area contributed by atoms with Gasteiger partial charge in [-0.05, 0) is 6.42 Å². The number of oxime groups is 1. The summed E-state index contributed by atoms with van der Waals surface area (Å²) in [6, 6.07) is 0. The number of hydrogen-bond acceptors (Lipinski definition) is 12. The van der Waals surface area contributed by atoms with E-state index >= 15 is 0 Å². The van der Waals surface area contributed by atoms with Gasteiger partial charge in [-0.1, -0.05) is 16.9 Å². The van der Waals surface area contributed by atoms with Crippen molar-refractivity contribution in [3.63, 3.8) is 0 Å². The molecule has 0 bridgehead atoms. The molecule has 1 heterocycles. The van der Waals surface area contributed by atoms with E-state index in [1.807, 2.05) is 0 Å². The second-order valence-electron chi connectivity index (χ2n) is 5.16. The van der Waals surface area contributed by atoms with Crippen LogP contribution < -0.4 is 51.4 Å². The van der Waals surface area contributed by atoms with Crippen LogP contribution in [0, 0.1) is 0 Å². The number of aliphatic hydroxyl groups excluding tert-OH is 4. The average molecular weight is 462 g/mol. The van der Waals surface area contributed by atoms with E-state index in [1.54, 1.807) is 0 Å². The fraction of sp³-hybridized carbons (Fsp3) is 0.909. The third kappa shape index (κ3) is 9.68. The van der Waals surface area contributed by atoms with E-state index in [1.165, 1.54) is 6.26 Å². The summed E-state index contributed by atoms with van der Waals surface area (Å²) >= 11 is 0.659. The molecule has 1 aliphatic heterocycles. The Morgan fingerprint density at radius 3 is 2.42 bits per heavy atom. The van der Waals surface area contributed by atoms with Crippen molar-refractivity contribution in [2.75, 3.05) is 18.6 Å². The predicted octanol–water partition coefficient (Wildman–Crippen LogP) is -5.53. The summed E-state index contributed by atoms with van der Waals surface area (Å²) in [5.74, 6) is 0.276. The fourth-order valence-electron chi connectivity index (χ4n) is 1.94. The van der Waals surface area contributed by atoms with Crippen LogP contribution in [0.15, 0.2) is 5.16 Å². The molecule has 0 aliphatic carbocycles. The maximum absolute atomic E-state index is 11.1. The van der Waals surface area contributed by atoms with Crippen LogP contribution >= 0.6 is 11.8 Å². The summed E-state index contributed by atoms with van der Waals surface area (Å²) < 4.78 is 51.8. The van der Waals surface area contributed by atoms with Crippen LogP contribution in [-0.2, 0) is 30.2 Å². The molecule has 26 heavy (non-hydrogen) atoms. The summed E-state index contributed by atoms with van der Waals surface area (Å²) in [5.41, 5.74) is -1.21. The molecule has 1 fully saturated rings. The van der Waals surface area contributed by atoms with Crippen molar-refractivity contribution in [1.82, 2.24) is 0 Å². The molecule has 1 aliphatic rings. The first kappa shape index (κ1) is 27.3. The fourth-order valence-corrected chi connectivity index (χ4v) is 3.83.